The molecule has 2 aromatic carbocycles. The fourth-order valence-corrected chi connectivity index (χ4v) is 2.10. The van der Waals surface area contributed by atoms with Crippen LogP contribution in [0.1, 0.15) is 38.2 Å². The average molecular weight is 254 g/mol. The lowest BCUT2D eigenvalue weighted by Crippen LogP contribution is -1.87. The van der Waals surface area contributed by atoms with Gasteiger partial charge in [-0.2, -0.15) is 0 Å². The van der Waals surface area contributed by atoms with Gasteiger partial charge in [-0.25, -0.2) is 0 Å². The summed E-state index contributed by atoms with van der Waals surface area (Å²) in [5, 5.41) is 0. The van der Waals surface area contributed by atoms with E-state index in [9.17, 15) is 0 Å². The van der Waals surface area contributed by atoms with Crippen LogP contribution < -0.4 is 4.74 Å². The maximum atomic E-state index is 5.78. The minimum Gasteiger partial charge on any atom is -0.457 e. The van der Waals surface area contributed by atoms with Gasteiger partial charge in [-0.05, 0) is 42.7 Å². The Bertz CT molecular complexity index is 459. The lowest BCUT2D eigenvalue weighted by Gasteiger charge is -2.06. The molecule has 2 aromatic rings. The molecule has 0 unspecified atom stereocenters. The molecule has 0 aliphatic heterocycles. The van der Waals surface area contributed by atoms with Gasteiger partial charge in [0.1, 0.15) is 11.5 Å². The highest BCUT2D eigenvalue weighted by molar-refractivity contribution is 5.32. The van der Waals surface area contributed by atoms with Crippen molar-refractivity contribution in [3.63, 3.8) is 0 Å². The maximum absolute atomic E-state index is 5.78. The zero-order chi connectivity index (χ0) is 13.3. The molecular weight excluding hydrogens is 232 g/mol. The summed E-state index contributed by atoms with van der Waals surface area (Å²) in [7, 11) is 0. The van der Waals surface area contributed by atoms with Crippen LogP contribution in [-0.4, -0.2) is 0 Å². The Morgan fingerprint density at radius 3 is 2.11 bits per heavy atom. The van der Waals surface area contributed by atoms with Crippen molar-refractivity contribution < 1.29 is 4.74 Å². The van der Waals surface area contributed by atoms with Crippen molar-refractivity contribution in [1.29, 1.82) is 0 Å². The largest absolute Gasteiger partial charge is 0.457 e. The summed E-state index contributed by atoms with van der Waals surface area (Å²) in [5.41, 5.74) is 1.40. The van der Waals surface area contributed by atoms with E-state index in [0.717, 1.165) is 11.5 Å². The molecule has 100 valence electrons. The first-order valence-electron chi connectivity index (χ1n) is 7.20. The minimum absolute atomic E-state index is 0.887. The van der Waals surface area contributed by atoms with E-state index in [4.69, 9.17) is 4.74 Å². The zero-order valence-corrected chi connectivity index (χ0v) is 11.6. The van der Waals surface area contributed by atoms with Gasteiger partial charge >= 0.3 is 0 Å². The van der Waals surface area contributed by atoms with Gasteiger partial charge < -0.3 is 4.74 Å². The van der Waals surface area contributed by atoms with Crippen molar-refractivity contribution in [2.24, 2.45) is 0 Å². The summed E-state index contributed by atoms with van der Waals surface area (Å²) in [6, 6.07) is 18.4. The van der Waals surface area contributed by atoms with E-state index in [1.807, 2.05) is 30.3 Å². The Balaban J connectivity index is 1.84. The standard InChI is InChI=1S/C18H22O/c1-2-3-4-6-9-16-12-14-18(15-13-16)19-17-10-7-5-8-11-17/h5,7-8,10-15H,2-4,6,9H2,1H3. The Kier molecular flexibility index (Phi) is 5.49. The number of unbranched alkanes of at least 4 members (excludes halogenated alkanes) is 3. The molecule has 0 radical (unpaired) electrons. The first-order valence-corrected chi connectivity index (χ1v) is 7.20. The number of hydrogen-bond acceptors (Lipinski definition) is 1. The maximum Gasteiger partial charge on any atom is 0.127 e. The lowest BCUT2D eigenvalue weighted by molar-refractivity contribution is 0.482. The molecule has 0 aliphatic carbocycles. The van der Waals surface area contributed by atoms with Crippen LogP contribution in [-0.2, 0) is 6.42 Å². The number of para-hydroxylation sites is 1. The number of ether oxygens (including phenoxy) is 1. The van der Waals surface area contributed by atoms with Crippen LogP contribution in [0.2, 0.25) is 0 Å². The first-order chi connectivity index (χ1) is 9.38. The average Bonchev–Trinajstić information content (AvgIpc) is 2.46. The lowest BCUT2D eigenvalue weighted by atomic mass is 10.1. The fraction of sp³-hybridized carbons (Fsp3) is 0.333. The third-order valence-corrected chi connectivity index (χ3v) is 3.22. The van der Waals surface area contributed by atoms with E-state index in [1.54, 1.807) is 0 Å². The van der Waals surface area contributed by atoms with Crippen LogP contribution in [0, 0.1) is 0 Å². The summed E-state index contributed by atoms with van der Waals surface area (Å²) < 4.78 is 5.78. The zero-order valence-electron chi connectivity index (χ0n) is 11.6. The third-order valence-electron chi connectivity index (χ3n) is 3.22. The summed E-state index contributed by atoms with van der Waals surface area (Å²) in [5.74, 6) is 1.79. The Hall–Kier alpha value is -1.76. The molecule has 1 nitrogen and oxygen atoms in total. The van der Waals surface area contributed by atoms with Crippen molar-refractivity contribution in [3.05, 3.63) is 60.2 Å². The van der Waals surface area contributed by atoms with Crippen molar-refractivity contribution >= 4 is 0 Å². The van der Waals surface area contributed by atoms with Crippen LogP contribution in [0.25, 0.3) is 0 Å². The molecule has 0 spiro atoms. The van der Waals surface area contributed by atoms with Gasteiger partial charge in [-0.3, -0.25) is 0 Å². The summed E-state index contributed by atoms with van der Waals surface area (Å²) in [6.07, 6.45) is 6.43. The Morgan fingerprint density at radius 1 is 0.737 bits per heavy atom. The van der Waals surface area contributed by atoms with Gasteiger partial charge in [-0.1, -0.05) is 56.5 Å². The molecule has 19 heavy (non-hydrogen) atoms. The molecule has 0 aromatic heterocycles. The Labute approximate surface area is 116 Å². The van der Waals surface area contributed by atoms with E-state index < -0.39 is 0 Å². The second kappa shape index (κ2) is 7.63. The third kappa shape index (κ3) is 4.78. The Morgan fingerprint density at radius 2 is 1.42 bits per heavy atom. The molecule has 0 aliphatic rings. The summed E-state index contributed by atoms with van der Waals surface area (Å²) in [4.78, 5) is 0. The van der Waals surface area contributed by atoms with Crippen LogP contribution in [0.5, 0.6) is 11.5 Å². The molecule has 0 bridgehead atoms. The smallest absolute Gasteiger partial charge is 0.127 e. The van der Waals surface area contributed by atoms with Crippen molar-refractivity contribution in [2.75, 3.05) is 0 Å². The highest BCUT2D eigenvalue weighted by Gasteiger charge is 1.97. The minimum atomic E-state index is 0.887. The van der Waals surface area contributed by atoms with Crippen molar-refractivity contribution in [2.45, 2.75) is 39.0 Å². The predicted molar refractivity (Wildman–Crippen MR) is 80.8 cm³/mol. The van der Waals surface area contributed by atoms with Gasteiger partial charge in [0.15, 0.2) is 0 Å². The van der Waals surface area contributed by atoms with E-state index in [1.165, 1.54) is 37.7 Å². The first kappa shape index (κ1) is 13.7. The monoisotopic (exact) mass is 254 g/mol. The molecule has 0 heterocycles. The van der Waals surface area contributed by atoms with Crippen molar-refractivity contribution in [1.82, 2.24) is 0 Å². The van der Waals surface area contributed by atoms with Gasteiger partial charge in [0.25, 0.3) is 0 Å². The van der Waals surface area contributed by atoms with Crippen LogP contribution in [0.3, 0.4) is 0 Å². The van der Waals surface area contributed by atoms with Gasteiger partial charge in [-0.15, -0.1) is 0 Å². The molecule has 0 saturated carbocycles. The summed E-state index contributed by atoms with van der Waals surface area (Å²) in [6.45, 7) is 2.25. The topological polar surface area (TPSA) is 9.23 Å². The molecule has 0 atom stereocenters. The number of aryl methyl sites for hydroxylation is 1. The van der Waals surface area contributed by atoms with E-state index in [0.29, 0.717) is 0 Å². The van der Waals surface area contributed by atoms with Crippen LogP contribution in [0.15, 0.2) is 54.6 Å². The number of rotatable bonds is 7. The second-order valence-electron chi connectivity index (χ2n) is 4.87. The predicted octanol–water partition coefficient (Wildman–Crippen LogP) is 5.60. The van der Waals surface area contributed by atoms with E-state index in [-0.39, 0.29) is 0 Å². The van der Waals surface area contributed by atoms with Gasteiger partial charge in [0, 0.05) is 0 Å². The molecule has 0 saturated heterocycles. The highest BCUT2D eigenvalue weighted by Crippen LogP contribution is 2.21. The molecule has 0 fully saturated rings. The van der Waals surface area contributed by atoms with Gasteiger partial charge in [0.05, 0.1) is 0 Å². The fourth-order valence-electron chi connectivity index (χ4n) is 2.10. The molecular formula is C18H22O. The molecule has 1 heteroatoms. The normalized spacial score (nSPS) is 10.4. The van der Waals surface area contributed by atoms with E-state index in [2.05, 4.69) is 31.2 Å². The van der Waals surface area contributed by atoms with Gasteiger partial charge in [0.2, 0.25) is 0 Å². The van der Waals surface area contributed by atoms with Crippen LogP contribution in [0.4, 0.5) is 0 Å². The second-order valence-corrected chi connectivity index (χ2v) is 4.87. The van der Waals surface area contributed by atoms with Crippen molar-refractivity contribution in [3.8, 4) is 11.5 Å². The quantitative estimate of drug-likeness (QED) is 0.584. The van der Waals surface area contributed by atoms with E-state index >= 15 is 0 Å². The number of benzene rings is 2. The highest BCUT2D eigenvalue weighted by atomic mass is 16.5. The van der Waals surface area contributed by atoms with Crippen LogP contribution >= 0.6 is 0 Å². The molecule has 2 rings (SSSR count). The molecule has 0 amide bonds. The molecule has 0 N–H and O–H groups in total. The summed E-state index contributed by atoms with van der Waals surface area (Å²) >= 11 is 0. The SMILES string of the molecule is CCCCCCc1ccc(Oc2ccccc2)cc1. The number of hydrogen-bond donors (Lipinski definition) is 0.